The summed E-state index contributed by atoms with van der Waals surface area (Å²) in [7, 11) is 2.47. The Hall–Kier alpha value is -3.74. The molecule has 1 N–H and O–H groups in total. The van der Waals surface area contributed by atoms with Gasteiger partial charge in [0.2, 0.25) is 0 Å². The van der Waals surface area contributed by atoms with Gasteiger partial charge in [0, 0.05) is 5.39 Å². The second-order valence-electron chi connectivity index (χ2n) is 5.59. The minimum Gasteiger partial charge on any atom is -0.465 e. The van der Waals surface area contributed by atoms with E-state index in [4.69, 9.17) is 4.74 Å². The number of nitrogens with one attached hydrogen (secondary N) is 1. The van der Waals surface area contributed by atoms with Gasteiger partial charge in [0.1, 0.15) is 5.69 Å². The number of methoxy groups -OCH3 is 2. The normalized spacial score (nSPS) is 10.3. The summed E-state index contributed by atoms with van der Waals surface area (Å²) in [4.78, 5) is 40.7. The van der Waals surface area contributed by atoms with E-state index in [0.717, 1.165) is 5.39 Å². The third-order valence-corrected chi connectivity index (χ3v) is 3.93. The van der Waals surface area contributed by atoms with Crippen molar-refractivity contribution in [3.8, 4) is 0 Å². The topological polar surface area (TPSA) is 94.6 Å². The molecule has 7 heteroatoms. The maximum absolute atomic E-state index is 12.6. The lowest BCUT2D eigenvalue weighted by Gasteiger charge is -2.11. The first-order valence-electron chi connectivity index (χ1n) is 8.01. The highest BCUT2D eigenvalue weighted by molar-refractivity contribution is 6.08. The van der Waals surface area contributed by atoms with E-state index in [2.05, 4.69) is 15.0 Å². The molecular weight excluding hydrogens is 348 g/mol. The van der Waals surface area contributed by atoms with E-state index in [9.17, 15) is 14.4 Å². The van der Waals surface area contributed by atoms with E-state index in [-0.39, 0.29) is 22.5 Å². The highest BCUT2D eigenvalue weighted by atomic mass is 16.5. The number of benzene rings is 2. The molecule has 0 saturated heterocycles. The average molecular weight is 364 g/mol. The Morgan fingerprint density at radius 2 is 1.63 bits per heavy atom. The summed E-state index contributed by atoms with van der Waals surface area (Å²) in [6.45, 7) is 0. The molecule has 3 aromatic rings. The zero-order valence-electron chi connectivity index (χ0n) is 14.7. The largest absolute Gasteiger partial charge is 0.465 e. The van der Waals surface area contributed by atoms with Gasteiger partial charge in [0.05, 0.1) is 36.6 Å². The number of para-hydroxylation sites is 1. The lowest BCUT2D eigenvalue weighted by molar-refractivity contribution is 0.0587. The third kappa shape index (κ3) is 3.77. The van der Waals surface area contributed by atoms with E-state index in [1.807, 2.05) is 18.2 Å². The van der Waals surface area contributed by atoms with Crippen LogP contribution >= 0.6 is 0 Å². The molecule has 7 nitrogen and oxygen atoms in total. The predicted molar refractivity (Wildman–Crippen MR) is 98.8 cm³/mol. The number of esters is 2. The fourth-order valence-corrected chi connectivity index (χ4v) is 2.56. The number of rotatable bonds is 4. The van der Waals surface area contributed by atoms with Crippen molar-refractivity contribution in [3.05, 3.63) is 71.4 Å². The van der Waals surface area contributed by atoms with Crippen LogP contribution in [0.5, 0.6) is 0 Å². The number of carbonyl (C=O) groups excluding carboxylic acids is 3. The van der Waals surface area contributed by atoms with Crippen LogP contribution < -0.4 is 5.32 Å². The predicted octanol–water partition coefficient (Wildman–Crippen LogP) is 3.06. The Morgan fingerprint density at radius 3 is 2.37 bits per heavy atom. The summed E-state index contributed by atoms with van der Waals surface area (Å²) in [5.74, 6) is -1.76. The summed E-state index contributed by atoms with van der Waals surface area (Å²) >= 11 is 0. The van der Waals surface area contributed by atoms with Crippen molar-refractivity contribution in [1.29, 1.82) is 0 Å². The second kappa shape index (κ2) is 7.65. The van der Waals surface area contributed by atoms with E-state index >= 15 is 0 Å². The van der Waals surface area contributed by atoms with Crippen molar-refractivity contribution in [2.24, 2.45) is 0 Å². The lowest BCUT2D eigenvalue weighted by Crippen LogP contribution is -2.17. The van der Waals surface area contributed by atoms with E-state index < -0.39 is 17.8 Å². The van der Waals surface area contributed by atoms with Gasteiger partial charge in [-0.1, -0.05) is 24.3 Å². The maximum Gasteiger partial charge on any atom is 0.339 e. The van der Waals surface area contributed by atoms with Crippen molar-refractivity contribution in [2.45, 2.75) is 0 Å². The highest BCUT2D eigenvalue weighted by Gasteiger charge is 2.18. The molecular formula is C20H16N2O5. The standard InChI is InChI=1S/C20H16N2O5/c1-26-19(24)13-7-9-14(20(25)27-2)17(11-13)22-18(23)16-10-8-12-5-3-4-6-15(12)21-16/h3-11H,1-2H3,(H,22,23). The summed E-state index contributed by atoms with van der Waals surface area (Å²) in [5, 5.41) is 3.52. The van der Waals surface area contributed by atoms with Gasteiger partial charge < -0.3 is 14.8 Å². The summed E-state index contributed by atoms with van der Waals surface area (Å²) in [5.41, 5.74) is 1.27. The summed E-state index contributed by atoms with van der Waals surface area (Å²) < 4.78 is 9.40. The molecule has 1 aromatic heterocycles. The number of aromatic nitrogens is 1. The third-order valence-electron chi connectivity index (χ3n) is 3.93. The molecule has 0 bridgehead atoms. The molecule has 0 aliphatic heterocycles. The van der Waals surface area contributed by atoms with Crippen LogP contribution in [0.2, 0.25) is 0 Å². The first-order valence-corrected chi connectivity index (χ1v) is 8.01. The molecule has 136 valence electrons. The number of fused-ring (bicyclic) bond motifs is 1. The molecule has 0 fully saturated rings. The Kier molecular flexibility index (Phi) is 5.12. The fourth-order valence-electron chi connectivity index (χ4n) is 2.56. The van der Waals surface area contributed by atoms with E-state index in [1.165, 1.54) is 32.4 Å². The van der Waals surface area contributed by atoms with Crippen LogP contribution in [0.25, 0.3) is 10.9 Å². The molecule has 1 amide bonds. The molecule has 0 unspecified atom stereocenters. The van der Waals surface area contributed by atoms with Gasteiger partial charge in [0.25, 0.3) is 5.91 Å². The van der Waals surface area contributed by atoms with Gasteiger partial charge in [0.15, 0.2) is 0 Å². The van der Waals surface area contributed by atoms with Crippen LogP contribution in [0.4, 0.5) is 5.69 Å². The van der Waals surface area contributed by atoms with Gasteiger partial charge in [-0.05, 0) is 30.3 Å². The zero-order chi connectivity index (χ0) is 19.4. The molecule has 0 saturated carbocycles. The average Bonchev–Trinajstić information content (AvgIpc) is 2.72. The molecule has 27 heavy (non-hydrogen) atoms. The Labute approximate surface area is 154 Å². The van der Waals surface area contributed by atoms with Gasteiger partial charge >= 0.3 is 11.9 Å². The van der Waals surface area contributed by atoms with Gasteiger partial charge in [-0.15, -0.1) is 0 Å². The first kappa shape index (κ1) is 18.1. The van der Waals surface area contributed by atoms with Crippen molar-refractivity contribution in [1.82, 2.24) is 4.98 Å². The molecule has 3 rings (SSSR count). The van der Waals surface area contributed by atoms with Crippen LogP contribution in [0.3, 0.4) is 0 Å². The quantitative estimate of drug-likeness (QED) is 0.715. The van der Waals surface area contributed by atoms with E-state index in [0.29, 0.717) is 5.52 Å². The van der Waals surface area contributed by atoms with Crippen molar-refractivity contribution in [3.63, 3.8) is 0 Å². The van der Waals surface area contributed by atoms with Crippen LogP contribution in [0.15, 0.2) is 54.6 Å². The summed E-state index contributed by atoms with van der Waals surface area (Å²) in [6, 6.07) is 14.9. The number of ether oxygens (including phenoxy) is 2. The monoisotopic (exact) mass is 364 g/mol. The lowest BCUT2D eigenvalue weighted by atomic mass is 10.1. The Bertz CT molecular complexity index is 1050. The van der Waals surface area contributed by atoms with Crippen molar-refractivity contribution in [2.75, 3.05) is 19.5 Å². The number of hydrogen-bond donors (Lipinski definition) is 1. The maximum atomic E-state index is 12.6. The minimum atomic E-state index is -0.645. The van der Waals surface area contributed by atoms with Crippen molar-refractivity contribution >= 4 is 34.4 Å². The van der Waals surface area contributed by atoms with Crippen LogP contribution in [-0.2, 0) is 9.47 Å². The zero-order valence-corrected chi connectivity index (χ0v) is 14.7. The van der Waals surface area contributed by atoms with E-state index in [1.54, 1.807) is 18.2 Å². The Morgan fingerprint density at radius 1 is 0.889 bits per heavy atom. The van der Waals surface area contributed by atoms with Gasteiger partial charge in [-0.25, -0.2) is 14.6 Å². The molecule has 0 aliphatic rings. The number of carbonyl (C=O) groups is 3. The molecule has 0 radical (unpaired) electrons. The summed E-state index contributed by atoms with van der Waals surface area (Å²) in [6.07, 6.45) is 0. The molecule has 0 spiro atoms. The van der Waals surface area contributed by atoms with Crippen LogP contribution in [-0.4, -0.2) is 37.0 Å². The van der Waals surface area contributed by atoms with Crippen LogP contribution in [0.1, 0.15) is 31.2 Å². The molecule has 1 heterocycles. The van der Waals surface area contributed by atoms with Gasteiger partial charge in [-0.3, -0.25) is 4.79 Å². The SMILES string of the molecule is COC(=O)c1ccc(C(=O)OC)c(NC(=O)c2ccc3ccccc3n2)c1. The first-order chi connectivity index (χ1) is 13.0. The molecule has 0 atom stereocenters. The number of nitrogens with zero attached hydrogens (tertiary/aromatic N) is 1. The number of hydrogen-bond acceptors (Lipinski definition) is 6. The van der Waals surface area contributed by atoms with Crippen molar-refractivity contribution < 1.29 is 23.9 Å². The molecule has 2 aromatic carbocycles. The number of pyridine rings is 1. The van der Waals surface area contributed by atoms with Gasteiger partial charge in [-0.2, -0.15) is 0 Å². The number of amides is 1. The van der Waals surface area contributed by atoms with Crippen LogP contribution in [0, 0.1) is 0 Å². The smallest absolute Gasteiger partial charge is 0.339 e. The highest BCUT2D eigenvalue weighted by Crippen LogP contribution is 2.21. The molecule has 0 aliphatic carbocycles. The number of anilines is 1. The fraction of sp³-hybridized carbons (Fsp3) is 0.100. The second-order valence-corrected chi connectivity index (χ2v) is 5.59. The Balaban J connectivity index is 1.97. The minimum absolute atomic E-state index is 0.110.